The van der Waals surface area contributed by atoms with E-state index in [1.807, 2.05) is 30.3 Å². The van der Waals surface area contributed by atoms with Gasteiger partial charge in [-0.3, -0.25) is 4.79 Å². The summed E-state index contributed by atoms with van der Waals surface area (Å²) < 4.78 is 0. The summed E-state index contributed by atoms with van der Waals surface area (Å²) in [5.41, 5.74) is 1.45. The number of carbonyl (C=O) groups excluding carboxylic acids is 2. The second-order valence-corrected chi connectivity index (χ2v) is 6.48. The molecule has 5 nitrogen and oxygen atoms in total. The molecule has 3 rings (SSSR count). The summed E-state index contributed by atoms with van der Waals surface area (Å²) in [6.45, 7) is 4.40. The maximum absolute atomic E-state index is 12.3. The van der Waals surface area contributed by atoms with Gasteiger partial charge in [0.05, 0.1) is 18.0 Å². The fourth-order valence-corrected chi connectivity index (χ4v) is 3.62. The molecular formula is C18H23N3O2. The van der Waals surface area contributed by atoms with Gasteiger partial charge in [-0.1, -0.05) is 49.8 Å². The van der Waals surface area contributed by atoms with Crippen LogP contribution in [0.15, 0.2) is 36.9 Å². The Bertz CT molecular complexity index is 614. The van der Waals surface area contributed by atoms with Crippen molar-refractivity contribution in [2.24, 2.45) is 0 Å². The first-order chi connectivity index (χ1) is 11.1. The van der Waals surface area contributed by atoms with Crippen LogP contribution in [0.3, 0.4) is 0 Å². The van der Waals surface area contributed by atoms with Gasteiger partial charge in [-0.25, -0.2) is 4.79 Å². The molecule has 2 aliphatic rings. The smallest absolute Gasteiger partial charge is 0.315 e. The Morgan fingerprint density at radius 3 is 2.87 bits per heavy atom. The normalized spacial score (nSPS) is 26.1. The van der Waals surface area contributed by atoms with E-state index in [0.29, 0.717) is 13.0 Å². The topological polar surface area (TPSA) is 70.2 Å². The molecule has 1 aromatic rings. The third-order valence-electron chi connectivity index (χ3n) is 4.85. The van der Waals surface area contributed by atoms with Gasteiger partial charge in [0.2, 0.25) is 5.91 Å². The first-order valence-electron chi connectivity index (χ1n) is 8.18. The van der Waals surface area contributed by atoms with Crippen molar-refractivity contribution < 1.29 is 9.59 Å². The van der Waals surface area contributed by atoms with Crippen LogP contribution in [-0.4, -0.2) is 30.1 Å². The number of benzene rings is 1. The average molecular weight is 313 g/mol. The van der Waals surface area contributed by atoms with E-state index in [9.17, 15) is 9.59 Å². The van der Waals surface area contributed by atoms with Crippen molar-refractivity contribution in [1.82, 2.24) is 16.0 Å². The highest BCUT2D eigenvalue weighted by molar-refractivity contribution is 5.84. The highest BCUT2D eigenvalue weighted by Crippen LogP contribution is 2.35. The fraction of sp³-hybridized carbons (Fsp3) is 0.444. The van der Waals surface area contributed by atoms with Gasteiger partial charge in [-0.05, 0) is 24.0 Å². The van der Waals surface area contributed by atoms with Crippen LogP contribution in [0.2, 0.25) is 0 Å². The first-order valence-corrected chi connectivity index (χ1v) is 8.18. The molecule has 1 heterocycles. The third-order valence-corrected chi connectivity index (χ3v) is 4.85. The van der Waals surface area contributed by atoms with E-state index in [2.05, 4.69) is 22.5 Å². The van der Waals surface area contributed by atoms with Crippen molar-refractivity contribution >= 4 is 17.5 Å². The summed E-state index contributed by atoms with van der Waals surface area (Å²) in [5.74, 6) is 0.0332. The molecule has 2 atom stereocenters. The number of rotatable bonds is 4. The van der Waals surface area contributed by atoms with Crippen LogP contribution in [-0.2, 0) is 4.79 Å². The quantitative estimate of drug-likeness (QED) is 0.797. The zero-order valence-corrected chi connectivity index (χ0v) is 13.2. The van der Waals surface area contributed by atoms with Gasteiger partial charge in [0.25, 0.3) is 0 Å². The van der Waals surface area contributed by atoms with Gasteiger partial charge >= 0.3 is 6.03 Å². The number of urea groups is 1. The molecule has 122 valence electrons. The van der Waals surface area contributed by atoms with E-state index in [4.69, 9.17) is 0 Å². The van der Waals surface area contributed by atoms with Crippen LogP contribution in [0, 0.1) is 0 Å². The predicted octanol–water partition coefficient (Wildman–Crippen LogP) is 2.20. The summed E-state index contributed by atoms with van der Waals surface area (Å²) >= 11 is 0. The Labute approximate surface area is 136 Å². The molecule has 1 saturated carbocycles. The van der Waals surface area contributed by atoms with Gasteiger partial charge in [0.15, 0.2) is 0 Å². The summed E-state index contributed by atoms with van der Waals surface area (Å²) in [6, 6.07) is 9.61. The summed E-state index contributed by atoms with van der Waals surface area (Å²) in [5, 5.41) is 8.91. The fourth-order valence-electron chi connectivity index (χ4n) is 3.62. The SMILES string of the molecule is C=C(CNC(=O)N[C@@]12CCCC[C@@H]1NC(=O)C2)c1ccccc1. The largest absolute Gasteiger partial charge is 0.351 e. The predicted molar refractivity (Wildman–Crippen MR) is 89.8 cm³/mol. The number of nitrogens with one attached hydrogen (secondary N) is 3. The zero-order chi connectivity index (χ0) is 16.3. The molecule has 0 bridgehead atoms. The lowest BCUT2D eigenvalue weighted by atomic mass is 9.78. The molecule has 3 N–H and O–H groups in total. The average Bonchev–Trinajstić information content (AvgIpc) is 2.88. The van der Waals surface area contributed by atoms with E-state index in [1.54, 1.807) is 0 Å². The molecule has 0 spiro atoms. The van der Waals surface area contributed by atoms with E-state index in [-0.39, 0.29) is 18.0 Å². The second kappa shape index (κ2) is 6.44. The van der Waals surface area contributed by atoms with E-state index >= 15 is 0 Å². The van der Waals surface area contributed by atoms with Crippen molar-refractivity contribution in [1.29, 1.82) is 0 Å². The molecular weight excluding hydrogens is 290 g/mol. The maximum Gasteiger partial charge on any atom is 0.315 e. The summed E-state index contributed by atoms with van der Waals surface area (Å²) in [6.07, 6.45) is 4.31. The number of hydrogen-bond acceptors (Lipinski definition) is 2. The Hall–Kier alpha value is -2.30. The van der Waals surface area contributed by atoms with Gasteiger partial charge < -0.3 is 16.0 Å². The maximum atomic E-state index is 12.3. The van der Waals surface area contributed by atoms with Crippen molar-refractivity contribution in [3.63, 3.8) is 0 Å². The van der Waals surface area contributed by atoms with Gasteiger partial charge in [-0.15, -0.1) is 0 Å². The molecule has 23 heavy (non-hydrogen) atoms. The Balaban J connectivity index is 1.57. The Kier molecular flexibility index (Phi) is 4.37. The molecule has 5 heteroatoms. The van der Waals surface area contributed by atoms with Crippen LogP contribution in [0.25, 0.3) is 5.57 Å². The highest BCUT2D eigenvalue weighted by Gasteiger charge is 2.48. The lowest BCUT2D eigenvalue weighted by Gasteiger charge is -2.38. The first kappa shape index (κ1) is 15.6. The summed E-state index contributed by atoms with van der Waals surface area (Å²) in [7, 11) is 0. The Morgan fingerprint density at radius 2 is 2.09 bits per heavy atom. The zero-order valence-electron chi connectivity index (χ0n) is 13.2. The van der Waals surface area contributed by atoms with Crippen LogP contribution in [0.1, 0.15) is 37.7 Å². The molecule has 1 aromatic carbocycles. The number of amides is 3. The van der Waals surface area contributed by atoms with Crippen molar-refractivity contribution in [2.45, 2.75) is 43.7 Å². The van der Waals surface area contributed by atoms with Crippen molar-refractivity contribution in [3.05, 3.63) is 42.5 Å². The lowest BCUT2D eigenvalue weighted by Crippen LogP contribution is -2.59. The van der Waals surface area contributed by atoms with Crippen molar-refractivity contribution in [2.75, 3.05) is 6.54 Å². The van der Waals surface area contributed by atoms with Gasteiger partial charge in [-0.2, -0.15) is 0 Å². The molecule has 1 aliphatic heterocycles. The van der Waals surface area contributed by atoms with Crippen LogP contribution in [0.4, 0.5) is 4.79 Å². The third kappa shape index (κ3) is 3.38. The van der Waals surface area contributed by atoms with Crippen LogP contribution in [0.5, 0.6) is 0 Å². The minimum Gasteiger partial charge on any atom is -0.351 e. The molecule has 3 amide bonds. The van der Waals surface area contributed by atoms with E-state index < -0.39 is 5.54 Å². The molecule has 1 aliphatic carbocycles. The summed E-state index contributed by atoms with van der Waals surface area (Å²) in [4.78, 5) is 24.0. The molecule has 0 aromatic heterocycles. The highest BCUT2D eigenvalue weighted by atomic mass is 16.2. The van der Waals surface area contributed by atoms with Gasteiger partial charge in [0.1, 0.15) is 0 Å². The minimum atomic E-state index is -0.423. The van der Waals surface area contributed by atoms with Crippen LogP contribution >= 0.6 is 0 Å². The molecule has 0 unspecified atom stereocenters. The second-order valence-electron chi connectivity index (χ2n) is 6.48. The monoisotopic (exact) mass is 313 g/mol. The molecule has 2 fully saturated rings. The Morgan fingerprint density at radius 1 is 1.30 bits per heavy atom. The van der Waals surface area contributed by atoms with E-state index in [1.165, 1.54) is 0 Å². The number of carbonyl (C=O) groups is 2. The number of fused-ring (bicyclic) bond motifs is 1. The van der Waals surface area contributed by atoms with E-state index in [0.717, 1.165) is 36.8 Å². The van der Waals surface area contributed by atoms with Gasteiger partial charge in [0, 0.05) is 6.54 Å². The lowest BCUT2D eigenvalue weighted by molar-refractivity contribution is -0.119. The van der Waals surface area contributed by atoms with Crippen molar-refractivity contribution in [3.8, 4) is 0 Å². The molecule has 0 radical (unpaired) electrons. The number of hydrogen-bond donors (Lipinski definition) is 3. The standard InChI is InChI=1S/C18H23N3O2/c1-13(14-7-3-2-4-8-14)12-19-17(23)21-18-10-6-5-9-15(18)20-16(22)11-18/h2-4,7-8,15H,1,5-6,9-12H2,(H,20,22)(H2,19,21,23)/t15-,18+/m0/s1. The molecule has 1 saturated heterocycles. The van der Waals surface area contributed by atoms with Crippen LogP contribution < -0.4 is 16.0 Å². The minimum absolute atomic E-state index is 0.0332.